The zero-order chi connectivity index (χ0) is 20.7. The van der Waals surface area contributed by atoms with Crippen LogP contribution in [-0.4, -0.2) is 71.2 Å². The molecule has 0 amide bonds. The number of ether oxygens (including phenoxy) is 3. The highest BCUT2D eigenvalue weighted by molar-refractivity contribution is 5.91. The van der Waals surface area contributed by atoms with Gasteiger partial charge in [-0.25, -0.2) is 28.9 Å². The molecule has 0 aliphatic carbocycles. The molecule has 12 heteroatoms. The number of esters is 3. The lowest BCUT2D eigenvalue weighted by Gasteiger charge is -2.16. The molecule has 3 N–H and O–H groups in total. The van der Waals surface area contributed by atoms with Crippen LogP contribution in [0, 0.1) is 0 Å². The lowest BCUT2D eigenvalue weighted by Crippen LogP contribution is -2.30. The second-order valence-corrected chi connectivity index (χ2v) is 4.36. The van der Waals surface area contributed by atoms with Crippen LogP contribution in [0.2, 0.25) is 0 Å². The number of rotatable bonds is 12. The molecule has 27 heavy (non-hydrogen) atoms. The van der Waals surface area contributed by atoms with Crippen molar-refractivity contribution in [3.05, 3.63) is 36.5 Å². The summed E-state index contributed by atoms with van der Waals surface area (Å²) in [7, 11) is 0. The first kappa shape index (κ1) is 23.5. The number of carboxylic acids is 2. The third-order valence-corrected chi connectivity index (χ3v) is 2.25. The molecule has 148 valence electrons. The van der Waals surface area contributed by atoms with E-state index in [0.717, 1.165) is 12.2 Å². The minimum Gasteiger partial charge on any atom is -0.478 e. The maximum Gasteiger partial charge on any atom is 0.331 e. The molecular weight excluding hydrogens is 372 g/mol. The first-order chi connectivity index (χ1) is 12.7. The smallest absolute Gasteiger partial charge is 0.331 e. The van der Waals surface area contributed by atoms with Crippen molar-refractivity contribution in [2.45, 2.75) is 6.10 Å². The molecule has 0 unspecified atom stereocenters. The first-order valence-electron chi connectivity index (χ1n) is 7.03. The van der Waals surface area contributed by atoms with E-state index in [9.17, 15) is 24.0 Å². The predicted molar refractivity (Wildman–Crippen MR) is 83.1 cm³/mol. The fraction of sp³-hybridized carbons (Fsp3) is 0.267. The third kappa shape index (κ3) is 14.5. The second-order valence-electron chi connectivity index (χ2n) is 4.36. The Labute approximate surface area is 151 Å². The van der Waals surface area contributed by atoms with Gasteiger partial charge in [0.05, 0.1) is 0 Å². The molecule has 0 saturated heterocycles. The molecule has 0 fully saturated rings. The van der Waals surface area contributed by atoms with Gasteiger partial charge in [-0.15, -0.1) is 0 Å². The Morgan fingerprint density at radius 3 is 1.63 bits per heavy atom. The van der Waals surface area contributed by atoms with Gasteiger partial charge in [0.25, 0.3) is 0 Å². The van der Waals surface area contributed by atoms with Crippen molar-refractivity contribution in [3.8, 4) is 0 Å². The zero-order valence-corrected chi connectivity index (χ0v) is 13.7. The Hall–Kier alpha value is -3.51. The van der Waals surface area contributed by atoms with Gasteiger partial charge in [-0.05, 0) is 6.08 Å². The number of hydrogen-bond acceptors (Lipinski definition) is 10. The van der Waals surface area contributed by atoms with Crippen molar-refractivity contribution >= 4 is 29.8 Å². The normalized spacial score (nSPS) is 12.2. The summed E-state index contributed by atoms with van der Waals surface area (Å²) >= 11 is 0. The Kier molecular flexibility index (Phi) is 12.0. The summed E-state index contributed by atoms with van der Waals surface area (Å²) in [6.45, 7) is -1.48. The fourth-order valence-corrected chi connectivity index (χ4v) is 1.23. The summed E-state index contributed by atoms with van der Waals surface area (Å²) in [6, 6.07) is 0. The van der Waals surface area contributed by atoms with E-state index in [1.165, 1.54) is 0 Å². The average Bonchev–Trinajstić information content (AvgIpc) is 2.60. The largest absolute Gasteiger partial charge is 0.478 e. The molecular formula is C15H16O12. The fourth-order valence-electron chi connectivity index (χ4n) is 1.23. The quantitative estimate of drug-likeness (QED) is 0.126. The summed E-state index contributed by atoms with van der Waals surface area (Å²) in [5.74, 6) is -5.83. The van der Waals surface area contributed by atoms with Gasteiger partial charge in [-0.3, -0.25) is 5.26 Å². The van der Waals surface area contributed by atoms with Gasteiger partial charge in [-0.2, -0.15) is 0 Å². The summed E-state index contributed by atoms with van der Waals surface area (Å²) < 4.78 is 14.2. The molecule has 0 heterocycles. The van der Waals surface area contributed by atoms with E-state index in [1.807, 2.05) is 0 Å². The van der Waals surface area contributed by atoms with Crippen LogP contribution in [-0.2, 0) is 43.1 Å². The van der Waals surface area contributed by atoms with Gasteiger partial charge in [0, 0.05) is 30.4 Å². The van der Waals surface area contributed by atoms with Crippen LogP contribution >= 0.6 is 0 Å². The minimum atomic E-state index is -1.38. The number of aliphatic carboxylic acids is 2. The summed E-state index contributed by atoms with van der Waals surface area (Å²) in [5, 5.41) is 24.9. The molecule has 12 nitrogen and oxygen atoms in total. The van der Waals surface area contributed by atoms with E-state index in [0.29, 0.717) is 24.3 Å². The second kappa shape index (κ2) is 13.7. The monoisotopic (exact) mass is 388 g/mol. The lowest BCUT2D eigenvalue weighted by atomic mass is 10.4. The molecule has 0 spiro atoms. The molecule has 0 aliphatic heterocycles. The topological polar surface area (TPSA) is 183 Å². The van der Waals surface area contributed by atoms with Crippen LogP contribution in [0.3, 0.4) is 0 Å². The van der Waals surface area contributed by atoms with Gasteiger partial charge in [0.1, 0.15) is 19.8 Å². The molecule has 0 saturated carbocycles. The Morgan fingerprint density at radius 2 is 1.22 bits per heavy atom. The first-order valence-corrected chi connectivity index (χ1v) is 7.03. The van der Waals surface area contributed by atoms with Crippen molar-refractivity contribution in [1.29, 1.82) is 0 Å². The van der Waals surface area contributed by atoms with E-state index in [1.54, 1.807) is 0 Å². The highest BCUT2D eigenvalue weighted by atomic mass is 17.1. The van der Waals surface area contributed by atoms with Crippen molar-refractivity contribution in [2.75, 3.05) is 19.8 Å². The number of hydrogen-bond donors (Lipinski definition) is 3. The van der Waals surface area contributed by atoms with E-state index in [4.69, 9.17) is 20.2 Å². The molecule has 0 atom stereocenters. The molecule has 0 radical (unpaired) electrons. The molecule has 0 aromatic rings. The minimum absolute atomic E-state index is 0.302. The van der Waals surface area contributed by atoms with Gasteiger partial charge in [0.15, 0.2) is 6.10 Å². The lowest BCUT2D eigenvalue weighted by molar-refractivity contribution is -0.231. The maximum absolute atomic E-state index is 11.5. The molecule has 0 rings (SSSR count). The van der Waals surface area contributed by atoms with Crippen molar-refractivity contribution in [3.63, 3.8) is 0 Å². The van der Waals surface area contributed by atoms with Crippen LogP contribution in [0.1, 0.15) is 0 Å². The average molecular weight is 388 g/mol. The van der Waals surface area contributed by atoms with Crippen molar-refractivity contribution in [1.82, 2.24) is 0 Å². The standard InChI is InChI=1S/C15H16O12/c16-11(17)3-5-13(20)24-8-10(27-15(22)2-1-7-26-23)9-25-14(21)6-4-12(18)19/h1-6,10,23H,7-9H2,(H,16,17)(H,18,19). The zero-order valence-electron chi connectivity index (χ0n) is 13.7. The SMILES string of the molecule is O=C(O)C=CC(=O)OCC(COC(=O)C=CC(=O)O)OC(=O)C=CCOO. The van der Waals surface area contributed by atoms with Crippen LogP contribution in [0.15, 0.2) is 36.5 Å². The van der Waals surface area contributed by atoms with E-state index >= 15 is 0 Å². The Morgan fingerprint density at radius 1 is 0.741 bits per heavy atom. The Balaban J connectivity index is 4.75. The van der Waals surface area contributed by atoms with Crippen molar-refractivity contribution in [2.24, 2.45) is 0 Å². The van der Waals surface area contributed by atoms with E-state index < -0.39 is 49.2 Å². The number of carbonyl (C=O) groups excluding carboxylic acids is 3. The number of carboxylic acid groups (broad SMARTS) is 2. The molecule has 0 aliphatic rings. The van der Waals surface area contributed by atoms with Gasteiger partial charge in [0.2, 0.25) is 0 Å². The number of carbonyl (C=O) groups is 5. The highest BCUT2D eigenvalue weighted by Crippen LogP contribution is 2.00. The predicted octanol–water partition coefficient (Wildman–Crippen LogP) is -0.688. The van der Waals surface area contributed by atoms with Gasteiger partial charge < -0.3 is 24.4 Å². The van der Waals surface area contributed by atoms with Crippen LogP contribution in [0.4, 0.5) is 0 Å². The third-order valence-electron chi connectivity index (χ3n) is 2.25. The van der Waals surface area contributed by atoms with E-state index in [-0.39, 0.29) is 6.61 Å². The molecule has 0 aromatic heterocycles. The summed E-state index contributed by atoms with van der Waals surface area (Å²) in [5.41, 5.74) is 0. The van der Waals surface area contributed by atoms with Gasteiger partial charge >= 0.3 is 29.8 Å². The molecule has 0 aromatic carbocycles. The summed E-state index contributed by atoms with van der Waals surface area (Å²) in [4.78, 5) is 58.4. The summed E-state index contributed by atoms with van der Waals surface area (Å²) in [6.07, 6.45) is 2.98. The maximum atomic E-state index is 11.5. The van der Waals surface area contributed by atoms with Gasteiger partial charge in [-0.1, -0.05) is 0 Å². The highest BCUT2D eigenvalue weighted by Gasteiger charge is 2.17. The van der Waals surface area contributed by atoms with Crippen LogP contribution in [0.25, 0.3) is 0 Å². The molecule has 0 bridgehead atoms. The van der Waals surface area contributed by atoms with E-state index in [2.05, 4.69) is 14.4 Å². The van der Waals surface area contributed by atoms with Crippen molar-refractivity contribution < 1.29 is 58.5 Å². The van der Waals surface area contributed by atoms with Crippen LogP contribution < -0.4 is 0 Å². The van der Waals surface area contributed by atoms with Crippen LogP contribution in [0.5, 0.6) is 0 Å². The Bertz CT molecular complexity index is 591.